The van der Waals surface area contributed by atoms with Gasteiger partial charge in [-0.1, -0.05) is 30.3 Å². The number of aliphatic carboxylic acids is 1. The molecule has 2 N–H and O–H groups in total. The lowest BCUT2D eigenvalue weighted by atomic mass is 9.99. The normalized spacial score (nSPS) is 13.6. The second-order valence-electron chi connectivity index (χ2n) is 4.79. The Balaban J connectivity index is 2.53. The molecule has 0 aliphatic rings. The Bertz CT molecular complexity index is 414. The van der Waals surface area contributed by atoms with E-state index in [1.807, 2.05) is 30.3 Å². The first-order valence-corrected chi connectivity index (χ1v) is 6.03. The van der Waals surface area contributed by atoms with Gasteiger partial charge in [-0.15, -0.1) is 0 Å². The lowest BCUT2D eigenvalue weighted by Gasteiger charge is -2.28. The van der Waals surface area contributed by atoms with Gasteiger partial charge in [0.25, 0.3) is 0 Å². The van der Waals surface area contributed by atoms with Gasteiger partial charge in [-0.2, -0.15) is 0 Å². The summed E-state index contributed by atoms with van der Waals surface area (Å²) in [6, 6.07) is 9.57. The summed E-state index contributed by atoms with van der Waals surface area (Å²) in [6.07, 6.45) is -0.179. The van der Waals surface area contributed by atoms with Gasteiger partial charge in [0, 0.05) is 6.92 Å². The van der Waals surface area contributed by atoms with Crippen molar-refractivity contribution in [1.82, 2.24) is 5.32 Å². The van der Waals surface area contributed by atoms with Crippen molar-refractivity contribution in [2.75, 3.05) is 6.61 Å². The molecule has 19 heavy (non-hydrogen) atoms. The third-order valence-corrected chi connectivity index (χ3v) is 2.55. The first-order chi connectivity index (χ1) is 8.91. The molecule has 5 heteroatoms. The fourth-order valence-corrected chi connectivity index (χ4v) is 1.86. The number of rotatable bonds is 7. The molecule has 104 valence electrons. The van der Waals surface area contributed by atoms with Crippen LogP contribution < -0.4 is 5.32 Å². The highest BCUT2D eigenvalue weighted by Crippen LogP contribution is 2.12. The van der Waals surface area contributed by atoms with Crippen molar-refractivity contribution >= 4 is 11.9 Å². The number of carbonyl (C=O) groups is 2. The van der Waals surface area contributed by atoms with E-state index in [1.165, 1.54) is 6.92 Å². The van der Waals surface area contributed by atoms with Gasteiger partial charge in [-0.3, -0.25) is 9.59 Å². The predicted octanol–water partition coefficient (Wildman–Crippen LogP) is 1.57. The van der Waals surface area contributed by atoms with Gasteiger partial charge in [-0.25, -0.2) is 0 Å². The van der Waals surface area contributed by atoms with Crippen molar-refractivity contribution in [3.05, 3.63) is 35.9 Å². The highest BCUT2D eigenvalue weighted by molar-refractivity contribution is 5.75. The lowest BCUT2D eigenvalue weighted by molar-refractivity contribution is -0.139. The molecule has 0 radical (unpaired) electrons. The summed E-state index contributed by atoms with van der Waals surface area (Å²) in [5.74, 6) is -1.24. The maximum atomic E-state index is 11.1. The monoisotopic (exact) mass is 265 g/mol. The third-order valence-electron chi connectivity index (χ3n) is 2.55. The highest BCUT2D eigenvalue weighted by Gasteiger charge is 2.28. The number of hydrogen-bond acceptors (Lipinski definition) is 3. The molecule has 1 amide bonds. The van der Waals surface area contributed by atoms with Crippen LogP contribution in [0, 0.1) is 0 Å². The van der Waals surface area contributed by atoms with Gasteiger partial charge in [0.05, 0.1) is 25.2 Å². The Kier molecular flexibility index (Phi) is 5.51. The molecule has 0 aromatic heterocycles. The SMILES string of the molecule is CC(=O)NC(C)(COCc1ccccc1)CC(=O)O. The lowest BCUT2D eigenvalue weighted by Crippen LogP contribution is -2.50. The molecular formula is C14H19NO4. The van der Waals surface area contributed by atoms with E-state index >= 15 is 0 Å². The quantitative estimate of drug-likeness (QED) is 0.784. The van der Waals surface area contributed by atoms with E-state index in [9.17, 15) is 9.59 Å². The fourth-order valence-electron chi connectivity index (χ4n) is 1.86. The highest BCUT2D eigenvalue weighted by atomic mass is 16.5. The Labute approximate surface area is 112 Å². The van der Waals surface area contributed by atoms with Crippen LogP contribution in [0.25, 0.3) is 0 Å². The van der Waals surface area contributed by atoms with Gasteiger partial charge < -0.3 is 15.2 Å². The molecule has 0 saturated carbocycles. The van der Waals surface area contributed by atoms with E-state index in [2.05, 4.69) is 5.32 Å². The van der Waals surface area contributed by atoms with E-state index in [-0.39, 0.29) is 18.9 Å². The van der Waals surface area contributed by atoms with Crippen LogP contribution in [-0.4, -0.2) is 29.1 Å². The average molecular weight is 265 g/mol. The van der Waals surface area contributed by atoms with Crippen LogP contribution in [0.2, 0.25) is 0 Å². The molecule has 1 unspecified atom stereocenters. The van der Waals surface area contributed by atoms with Gasteiger partial charge in [0.15, 0.2) is 0 Å². The number of carboxylic acid groups (broad SMARTS) is 1. The second-order valence-corrected chi connectivity index (χ2v) is 4.79. The van der Waals surface area contributed by atoms with E-state index in [0.29, 0.717) is 6.61 Å². The van der Waals surface area contributed by atoms with Gasteiger partial charge in [0.1, 0.15) is 0 Å². The summed E-state index contributed by atoms with van der Waals surface area (Å²) in [6.45, 7) is 3.55. The number of carbonyl (C=O) groups excluding carboxylic acids is 1. The molecule has 0 aliphatic carbocycles. The zero-order valence-corrected chi connectivity index (χ0v) is 11.2. The minimum absolute atomic E-state index is 0.147. The number of ether oxygens (including phenoxy) is 1. The van der Waals surface area contributed by atoms with E-state index in [4.69, 9.17) is 9.84 Å². The van der Waals surface area contributed by atoms with E-state index < -0.39 is 11.5 Å². The molecule has 0 saturated heterocycles. The summed E-state index contributed by atoms with van der Waals surface area (Å²) in [7, 11) is 0. The van der Waals surface area contributed by atoms with Crippen molar-refractivity contribution in [2.45, 2.75) is 32.4 Å². The predicted molar refractivity (Wildman–Crippen MR) is 70.6 cm³/mol. The van der Waals surface area contributed by atoms with Crippen LogP contribution in [0.15, 0.2) is 30.3 Å². The van der Waals surface area contributed by atoms with E-state index in [0.717, 1.165) is 5.56 Å². The molecular weight excluding hydrogens is 246 g/mol. The Morgan fingerprint density at radius 1 is 1.32 bits per heavy atom. The van der Waals surface area contributed by atoms with Gasteiger partial charge in [-0.05, 0) is 12.5 Å². The van der Waals surface area contributed by atoms with Crippen molar-refractivity contribution < 1.29 is 19.4 Å². The molecule has 0 bridgehead atoms. The average Bonchev–Trinajstić information content (AvgIpc) is 2.27. The number of benzene rings is 1. The smallest absolute Gasteiger partial charge is 0.305 e. The van der Waals surface area contributed by atoms with Crippen LogP contribution in [0.1, 0.15) is 25.8 Å². The number of nitrogens with one attached hydrogen (secondary N) is 1. The number of hydrogen-bond donors (Lipinski definition) is 2. The minimum Gasteiger partial charge on any atom is -0.481 e. The van der Waals surface area contributed by atoms with E-state index in [1.54, 1.807) is 6.92 Å². The van der Waals surface area contributed by atoms with Crippen LogP contribution in [0.5, 0.6) is 0 Å². The Morgan fingerprint density at radius 3 is 2.47 bits per heavy atom. The van der Waals surface area contributed by atoms with Gasteiger partial charge in [0.2, 0.25) is 5.91 Å². The minimum atomic E-state index is -0.973. The first-order valence-electron chi connectivity index (χ1n) is 6.03. The molecule has 0 heterocycles. The summed E-state index contributed by atoms with van der Waals surface area (Å²) in [5.41, 5.74) is 0.106. The second kappa shape index (κ2) is 6.89. The summed E-state index contributed by atoms with van der Waals surface area (Å²) >= 11 is 0. The summed E-state index contributed by atoms with van der Waals surface area (Å²) in [4.78, 5) is 21.9. The van der Waals surface area contributed by atoms with Crippen LogP contribution >= 0.6 is 0 Å². The third kappa shape index (κ3) is 6.01. The molecule has 1 aromatic carbocycles. The zero-order chi connectivity index (χ0) is 14.3. The van der Waals surface area contributed by atoms with Crippen molar-refractivity contribution in [1.29, 1.82) is 0 Å². The molecule has 0 fully saturated rings. The molecule has 1 atom stereocenters. The van der Waals surface area contributed by atoms with Crippen LogP contribution in [0.3, 0.4) is 0 Å². The molecule has 1 rings (SSSR count). The summed E-state index contributed by atoms with van der Waals surface area (Å²) < 4.78 is 5.51. The summed E-state index contributed by atoms with van der Waals surface area (Å²) in [5, 5.41) is 11.5. The zero-order valence-electron chi connectivity index (χ0n) is 11.2. The molecule has 0 aliphatic heterocycles. The maximum Gasteiger partial charge on any atom is 0.305 e. The van der Waals surface area contributed by atoms with Gasteiger partial charge >= 0.3 is 5.97 Å². The fraction of sp³-hybridized carbons (Fsp3) is 0.429. The molecule has 0 spiro atoms. The topological polar surface area (TPSA) is 75.6 Å². The molecule has 5 nitrogen and oxygen atoms in total. The van der Waals surface area contributed by atoms with Crippen LogP contribution in [-0.2, 0) is 20.9 Å². The Morgan fingerprint density at radius 2 is 1.95 bits per heavy atom. The van der Waals surface area contributed by atoms with Crippen LogP contribution in [0.4, 0.5) is 0 Å². The number of carboxylic acids is 1. The first kappa shape index (κ1) is 15.2. The molecule has 1 aromatic rings. The number of amides is 1. The van der Waals surface area contributed by atoms with Crippen molar-refractivity contribution in [3.8, 4) is 0 Å². The maximum absolute atomic E-state index is 11.1. The largest absolute Gasteiger partial charge is 0.481 e. The Hall–Kier alpha value is -1.88. The standard InChI is InChI=1S/C14H19NO4/c1-11(16)15-14(2,8-13(17)18)10-19-9-12-6-4-3-5-7-12/h3-7H,8-10H2,1-2H3,(H,15,16)(H,17,18). The van der Waals surface area contributed by atoms with Crippen molar-refractivity contribution in [3.63, 3.8) is 0 Å². The van der Waals surface area contributed by atoms with Crippen molar-refractivity contribution in [2.24, 2.45) is 0 Å².